The molecule has 1 unspecified atom stereocenters. The second-order valence-corrected chi connectivity index (χ2v) is 14.0. The fourth-order valence-corrected chi connectivity index (χ4v) is 10.7. The van der Waals surface area contributed by atoms with Gasteiger partial charge in [0.15, 0.2) is 20.4 Å². The Morgan fingerprint density at radius 1 is 0.619 bits per heavy atom. The van der Waals surface area contributed by atoms with E-state index in [1.54, 1.807) is 0 Å². The molecule has 2 N–H and O–H groups in total. The Balaban J connectivity index is 0.00000308. The van der Waals surface area contributed by atoms with Crippen LogP contribution in [0.2, 0.25) is 0 Å². The molecule has 20 heteroatoms. The molecule has 14 nitrogen and oxygen atoms in total. The minimum Gasteiger partial charge on any atom is -0.744 e. The van der Waals surface area contributed by atoms with Crippen LogP contribution < -0.4 is 59.1 Å². The maximum atomic E-state index is 12.9. The van der Waals surface area contributed by atoms with E-state index in [2.05, 4.69) is 0 Å². The Morgan fingerprint density at radius 3 is 1.31 bits per heavy atom. The topological polar surface area (TPSA) is 230 Å². The van der Waals surface area contributed by atoms with Crippen LogP contribution in [0.1, 0.15) is 22.6 Å². The molecule has 0 amide bonds. The van der Waals surface area contributed by atoms with E-state index in [9.17, 15) is 51.9 Å². The molecular weight excluding hydrogens is 658 g/mol. The fraction of sp³-hybridized carbons (Fsp3) is 0.0909. The van der Waals surface area contributed by atoms with Crippen molar-refractivity contribution in [3.05, 3.63) is 113 Å². The first-order chi connectivity index (χ1) is 18.4. The van der Waals surface area contributed by atoms with E-state index in [1.807, 2.05) is 0 Å². The smallest absolute Gasteiger partial charge is 0.744 e. The SMILES string of the molecule is O=S(=O)([O-])N1C(c2ccccc2)=C(C(c2ccccc2)c2ccccc2)N(S(=O)(=O)O)C1(S(=O)(=O)[O-])S(=O)(=O)O.[Na+].[Na+]. The third-order valence-corrected chi connectivity index (χ3v) is 11.5. The molecule has 1 heterocycles. The van der Waals surface area contributed by atoms with Crippen molar-refractivity contribution < 1.29 is 111 Å². The first kappa shape index (κ1) is 36.8. The van der Waals surface area contributed by atoms with Gasteiger partial charge in [0.1, 0.15) is 0 Å². The summed E-state index contributed by atoms with van der Waals surface area (Å²) in [6.07, 6.45) is 0. The summed E-state index contributed by atoms with van der Waals surface area (Å²) in [5.41, 5.74) is -2.69. The summed E-state index contributed by atoms with van der Waals surface area (Å²) >= 11 is 0. The van der Waals surface area contributed by atoms with E-state index in [0.717, 1.165) is 12.1 Å². The minimum absolute atomic E-state index is 0. The van der Waals surface area contributed by atoms with Crippen molar-refractivity contribution in [2.75, 3.05) is 0 Å². The Kier molecular flexibility index (Phi) is 11.3. The van der Waals surface area contributed by atoms with Gasteiger partial charge < -0.3 is 9.11 Å². The summed E-state index contributed by atoms with van der Waals surface area (Å²) in [6.45, 7) is 0. The Bertz CT molecular complexity index is 1840. The molecule has 0 saturated heterocycles. The van der Waals surface area contributed by atoms with Gasteiger partial charge in [-0.2, -0.15) is 21.1 Å². The van der Waals surface area contributed by atoms with Crippen molar-refractivity contribution in [1.82, 2.24) is 8.61 Å². The third-order valence-electron chi connectivity index (χ3n) is 5.88. The van der Waals surface area contributed by atoms with Crippen molar-refractivity contribution in [1.29, 1.82) is 0 Å². The Labute approximate surface area is 286 Å². The number of hydrogen-bond acceptors (Lipinski definition) is 10. The van der Waals surface area contributed by atoms with Gasteiger partial charge in [-0.3, -0.25) is 9.11 Å². The van der Waals surface area contributed by atoms with Gasteiger partial charge in [-0.15, -0.1) is 0 Å². The molecule has 0 aromatic heterocycles. The van der Waals surface area contributed by atoms with Crippen LogP contribution in [0, 0.1) is 0 Å². The maximum absolute atomic E-state index is 12.9. The van der Waals surface area contributed by atoms with Crippen LogP contribution in [-0.4, -0.2) is 64.8 Å². The summed E-state index contributed by atoms with van der Waals surface area (Å²) in [5.74, 6) is -1.66. The summed E-state index contributed by atoms with van der Waals surface area (Å²) in [4.78, 5) is 0. The predicted molar refractivity (Wildman–Crippen MR) is 137 cm³/mol. The van der Waals surface area contributed by atoms with Gasteiger partial charge in [0.05, 0.1) is 17.3 Å². The summed E-state index contributed by atoms with van der Waals surface area (Å²) < 4.78 is 141. The fourth-order valence-electron chi connectivity index (χ4n) is 4.56. The average Bonchev–Trinajstić information content (AvgIpc) is 3.21. The van der Waals surface area contributed by atoms with Crippen LogP contribution in [0.5, 0.6) is 0 Å². The maximum Gasteiger partial charge on any atom is 1.00 e. The van der Waals surface area contributed by atoms with Crippen LogP contribution >= 0.6 is 0 Å². The van der Waals surface area contributed by atoms with Gasteiger partial charge in [-0.25, -0.2) is 21.1 Å². The van der Waals surface area contributed by atoms with Crippen molar-refractivity contribution in [3.63, 3.8) is 0 Å². The number of hydrogen-bond donors (Lipinski definition) is 2. The van der Waals surface area contributed by atoms with Crippen LogP contribution in [0.4, 0.5) is 0 Å². The molecule has 0 spiro atoms. The monoisotopic (exact) mass is 676 g/mol. The summed E-state index contributed by atoms with van der Waals surface area (Å²) in [5, 5.41) is 0. The van der Waals surface area contributed by atoms with E-state index in [1.165, 1.54) is 78.9 Å². The second-order valence-electron chi connectivity index (χ2n) is 8.30. The van der Waals surface area contributed by atoms with Crippen molar-refractivity contribution in [2.45, 2.75) is 10.2 Å². The molecule has 0 bridgehead atoms. The Hall–Kier alpha value is -1.36. The van der Waals surface area contributed by atoms with Crippen LogP contribution in [0.15, 0.2) is 96.7 Å². The van der Waals surface area contributed by atoms with E-state index in [0.29, 0.717) is 0 Å². The Morgan fingerprint density at radius 2 is 1.00 bits per heavy atom. The molecule has 0 fully saturated rings. The largest absolute Gasteiger partial charge is 1.00 e. The van der Waals surface area contributed by atoms with E-state index in [4.69, 9.17) is 0 Å². The molecular formula is C22H18N2Na2O12S4. The van der Waals surface area contributed by atoms with Crippen molar-refractivity contribution >= 4 is 46.5 Å². The van der Waals surface area contributed by atoms with E-state index in [-0.39, 0.29) is 70.2 Å². The zero-order valence-electron chi connectivity index (χ0n) is 21.7. The molecule has 1 aliphatic heterocycles. The zero-order valence-corrected chi connectivity index (χ0v) is 29.0. The summed E-state index contributed by atoms with van der Waals surface area (Å²) in [6, 6.07) is 20.3. The third kappa shape index (κ3) is 6.38. The molecule has 3 aromatic rings. The molecule has 3 aromatic carbocycles. The number of allylic oxidation sites excluding steroid dienone is 1. The van der Waals surface area contributed by atoms with E-state index < -0.39 is 76.7 Å². The van der Waals surface area contributed by atoms with Crippen molar-refractivity contribution in [3.8, 4) is 0 Å². The normalized spacial score (nSPS) is 18.0. The van der Waals surface area contributed by atoms with Gasteiger partial charge in [0.2, 0.25) is 0 Å². The summed E-state index contributed by atoms with van der Waals surface area (Å²) in [7, 11) is -26.5. The average molecular weight is 677 g/mol. The van der Waals surface area contributed by atoms with Crippen LogP contribution in [0.25, 0.3) is 5.70 Å². The number of nitrogens with zero attached hydrogens (tertiary/aromatic N) is 2. The molecule has 42 heavy (non-hydrogen) atoms. The molecule has 214 valence electrons. The minimum atomic E-state index is -6.95. The second kappa shape index (κ2) is 12.9. The molecule has 0 radical (unpaired) electrons. The molecule has 1 aliphatic rings. The number of rotatable bonds is 8. The molecule has 1 atom stereocenters. The quantitative estimate of drug-likeness (QED) is 0.169. The first-order valence-electron chi connectivity index (χ1n) is 10.8. The number of benzene rings is 3. The van der Waals surface area contributed by atoms with Crippen LogP contribution in [-0.2, 0) is 40.8 Å². The van der Waals surface area contributed by atoms with Gasteiger partial charge >= 0.3 is 83.9 Å². The van der Waals surface area contributed by atoms with Gasteiger partial charge in [0, 0.05) is 5.56 Å². The molecule has 0 saturated carbocycles. The predicted octanol–water partition coefficient (Wildman–Crippen LogP) is -4.88. The zero-order chi connectivity index (χ0) is 29.7. The van der Waals surface area contributed by atoms with Gasteiger partial charge in [0.25, 0.3) is 0 Å². The first-order valence-corrected chi connectivity index (χ1v) is 16.4. The standard InChI is InChI=1S/C22H20N2O12S4.2Na/c25-37(26,27)22(38(28,29)30)23(39(31,32)33)20(18-14-8-3-9-15-18)21(24(22)40(34,35)36)19(16-10-4-1-5-11-16)17-12-6-2-7-13-17;;/h1-15,19H,(H,25,26,27)(H,28,29,30)(H,31,32,33)(H,34,35,36);;/q;2*+1/p-2. The van der Waals surface area contributed by atoms with Gasteiger partial charge in [-0.05, 0) is 11.1 Å². The van der Waals surface area contributed by atoms with Crippen LogP contribution in [0.3, 0.4) is 0 Å². The van der Waals surface area contributed by atoms with Crippen molar-refractivity contribution in [2.24, 2.45) is 0 Å². The molecule has 4 rings (SSSR count). The van der Waals surface area contributed by atoms with E-state index >= 15 is 0 Å². The van der Waals surface area contributed by atoms with Gasteiger partial charge in [-0.1, -0.05) is 91.0 Å². The molecule has 0 aliphatic carbocycles.